The molecule has 2 N–H and O–H groups in total. The van der Waals surface area contributed by atoms with Gasteiger partial charge in [0.25, 0.3) is 0 Å². The summed E-state index contributed by atoms with van der Waals surface area (Å²) in [5.74, 6) is -0.152. The van der Waals surface area contributed by atoms with Crippen molar-refractivity contribution in [3.05, 3.63) is 0 Å². The number of rotatable bonds is 5. The number of carbonyl (C=O) groups is 2. The van der Waals surface area contributed by atoms with Crippen LogP contribution in [0.25, 0.3) is 0 Å². The number of carboxylic acids is 1. The number of likely N-dealkylation sites (tertiary alicyclic amines) is 1. The second-order valence-corrected chi connectivity index (χ2v) is 5.48. The molecule has 1 saturated heterocycles. The van der Waals surface area contributed by atoms with E-state index in [4.69, 9.17) is 5.11 Å². The summed E-state index contributed by atoms with van der Waals surface area (Å²) >= 11 is 0. The van der Waals surface area contributed by atoms with Gasteiger partial charge in [-0.25, -0.2) is 9.59 Å². The summed E-state index contributed by atoms with van der Waals surface area (Å²) in [6, 6.07) is -1.02. The van der Waals surface area contributed by atoms with Crippen LogP contribution in [0.2, 0.25) is 0 Å². The van der Waals surface area contributed by atoms with E-state index in [1.165, 1.54) is 0 Å². The maximum atomic E-state index is 12.0. The van der Waals surface area contributed by atoms with Gasteiger partial charge in [0.05, 0.1) is 0 Å². The Balaban J connectivity index is 2.49. The molecule has 5 nitrogen and oxygen atoms in total. The molecule has 1 aliphatic heterocycles. The Morgan fingerprint density at radius 1 is 1.44 bits per heavy atom. The molecule has 2 amide bonds. The van der Waals surface area contributed by atoms with Crippen molar-refractivity contribution in [3.63, 3.8) is 0 Å². The molecular weight excluding hydrogens is 232 g/mol. The first-order valence-electron chi connectivity index (χ1n) is 6.72. The molecule has 18 heavy (non-hydrogen) atoms. The van der Waals surface area contributed by atoms with Crippen LogP contribution in [-0.2, 0) is 4.79 Å². The largest absolute Gasteiger partial charge is 0.480 e. The summed E-state index contributed by atoms with van der Waals surface area (Å²) in [7, 11) is 0. The zero-order valence-electron chi connectivity index (χ0n) is 11.5. The van der Waals surface area contributed by atoms with Crippen molar-refractivity contribution in [2.75, 3.05) is 13.1 Å². The van der Waals surface area contributed by atoms with Crippen molar-refractivity contribution in [3.8, 4) is 0 Å². The van der Waals surface area contributed by atoms with Crippen molar-refractivity contribution in [1.82, 2.24) is 10.2 Å². The molecule has 0 aromatic rings. The van der Waals surface area contributed by atoms with Crippen molar-refractivity contribution in [1.29, 1.82) is 0 Å². The minimum atomic E-state index is -0.955. The monoisotopic (exact) mass is 256 g/mol. The smallest absolute Gasteiger partial charge is 0.326 e. The van der Waals surface area contributed by atoms with E-state index in [0.717, 1.165) is 25.9 Å². The molecule has 0 saturated carbocycles. The molecule has 0 radical (unpaired) electrons. The third kappa shape index (κ3) is 4.20. The predicted molar refractivity (Wildman–Crippen MR) is 69.4 cm³/mol. The van der Waals surface area contributed by atoms with Gasteiger partial charge >= 0.3 is 12.0 Å². The summed E-state index contributed by atoms with van der Waals surface area (Å²) in [5.41, 5.74) is 0. The molecule has 0 aromatic carbocycles. The molecule has 1 unspecified atom stereocenters. The van der Waals surface area contributed by atoms with Crippen LogP contribution in [0.4, 0.5) is 4.79 Å². The van der Waals surface area contributed by atoms with E-state index in [9.17, 15) is 9.59 Å². The van der Waals surface area contributed by atoms with E-state index >= 15 is 0 Å². The first-order valence-corrected chi connectivity index (χ1v) is 6.72. The van der Waals surface area contributed by atoms with Crippen LogP contribution >= 0.6 is 0 Å². The lowest BCUT2D eigenvalue weighted by Gasteiger charge is -2.22. The summed E-state index contributed by atoms with van der Waals surface area (Å²) < 4.78 is 0. The second-order valence-electron chi connectivity index (χ2n) is 5.48. The molecule has 0 aromatic heterocycles. The van der Waals surface area contributed by atoms with E-state index < -0.39 is 12.0 Å². The van der Waals surface area contributed by atoms with E-state index in [1.807, 2.05) is 13.8 Å². The molecule has 0 spiro atoms. The van der Waals surface area contributed by atoms with Gasteiger partial charge in [0.2, 0.25) is 0 Å². The lowest BCUT2D eigenvalue weighted by molar-refractivity contribution is -0.139. The number of urea groups is 1. The van der Waals surface area contributed by atoms with Gasteiger partial charge in [-0.3, -0.25) is 0 Å². The Bertz CT molecular complexity index is 305. The van der Waals surface area contributed by atoms with E-state index in [-0.39, 0.29) is 11.9 Å². The average Bonchev–Trinajstić information content (AvgIpc) is 2.75. The van der Waals surface area contributed by atoms with Crippen molar-refractivity contribution in [2.24, 2.45) is 11.8 Å². The maximum absolute atomic E-state index is 12.0. The quantitative estimate of drug-likeness (QED) is 0.789. The molecule has 0 bridgehead atoms. The Morgan fingerprint density at radius 3 is 2.56 bits per heavy atom. The summed E-state index contributed by atoms with van der Waals surface area (Å²) in [4.78, 5) is 24.8. The highest BCUT2D eigenvalue weighted by atomic mass is 16.4. The van der Waals surface area contributed by atoms with Crippen LogP contribution in [0.15, 0.2) is 0 Å². The van der Waals surface area contributed by atoms with Crippen molar-refractivity contribution >= 4 is 12.0 Å². The highest BCUT2D eigenvalue weighted by Crippen LogP contribution is 2.19. The van der Waals surface area contributed by atoms with Gasteiger partial charge in [0, 0.05) is 13.1 Å². The van der Waals surface area contributed by atoms with Crippen LogP contribution in [0.3, 0.4) is 0 Å². The SMILES string of the molecule is CCC1CCN(C(=O)N[C@H](CC(C)C)C(=O)O)C1. The van der Waals surface area contributed by atoms with Gasteiger partial charge in [0.15, 0.2) is 0 Å². The summed E-state index contributed by atoms with van der Waals surface area (Å²) in [5, 5.41) is 11.7. The number of hydrogen-bond acceptors (Lipinski definition) is 2. The molecule has 1 rings (SSSR count). The minimum Gasteiger partial charge on any atom is -0.480 e. The molecule has 1 fully saturated rings. The number of carbonyl (C=O) groups excluding carboxylic acids is 1. The fourth-order valence-electron chi connectivity index (χ4n) is 2.28. The first kappa shape index (κ1) is 14.8. The Labute approximate surface area is 109 Å². The fourth-order valence-corrected chi connectivity index (χ4v) is 2.28. The van der Waals surface area contributed by atoms with Gasteiger partial charge in [0.1, 0.15) is 6.04 Å². The highest BCUT2D eigenvalue weighted by Gasteiger charge is 2.28. The van der Waals surface area contributed by atoms with Gasteiger partial charge in [-0.2, -0.15) is 0 Å². The predicted octanol–water partition coefficient (Wildman–Crippen LogP) is 1.93. The molecule has 104 valence electrons. The zero-order valence-corrected chi connectivity index (χ0v) is 11.5. The molecule has 2 atom stereocenters. The van der Waals surface area contributed by atoms with Gasteiger partial charge < -0.3 is 15.3 Å². The molecule has 0 aliphatic carbocycles. The molecule has 1 heterocycles. The second kappa shape index (κ2) is 6.61. The van der Waals surface area contributed by atoms with Gasteiger partial charge in [-0.1, -0.05) is 27.2 Å². The van der Waals surface area contributed by atoms with Crippen LogP contribution in [-0.4, -0.2) is 41.1 Å². The standard InChI is InChI=1S/C13H24N2O3/c1-4-10-5-6-15(8-10)13(18)14-11(12(16)17)7-9(2)3/h9-11H,4-8H2,1-3H3,(H,14,18)(H,16,17)/t10?,11-/m1/s1. The average molecular weight is 256 g/mol. The first-order chi connectivity index (χ1) is 8.43. The van der Waals surface area contributed by atoms with Gasteiger partial charge in [-0.05, 0) is 24.7 Å². The number of nitrogens with one attached hydrogen (secondary N) is 1. The van der Waals surface area contributed by atoms with E-state index in [2.05, 4.69) is 12.2 Å². The minimum absolute atomic E-state index is 0.237. The van der Waals surface area contributed by atoms with Crippen molar-refractivity contribution in [2.45, 2.75) is 46.1 Å². The number of aliphatic carboxylic acids is 1. The normalized spacial score (nSPS) is 21.1. The highest BCUT2D eigenvalue weighted by molar-refractivity contribution is 5.82. The number of nitrogens with zero attached hydrogens (tertiary/aromatic N) is 1. The van der Waals surface area contributed by atoms with Crippen molar-refractivity contribution < 1.29 is 14.7 Å². The van der Waals surface area contributed by atoms with Crippen LogP contribution in [0.5, 0.6) is 0 Å². The van der Waals surface area contributed by atoms with Gasteiger partial charge in [-0.15, -0.1) is 0 Å². The molecule has 5 heteroatoms. The van der Waals surface area contributed by atoms with Crippen LogP contribution < -0.4 is 5.32 Å². The van der Waals surface area contributed by atoms with Crippen LogP contribution in [0.1, 0.15) is 40.0 Å². The van der Waals surface area contributed by atoms with Crippen LogP contribution in [0, 0.1) is 11.8 Å². The third-order valence-corrected chi connectivity index (χ3v) is 3.45. The fraction of sp³-hybridized carbons (Fsp3) is 0.846. The molecule has 1 aliphatic rings. The van der Waals surface area contributed by atoms with E-state index in [0.29, 0.717) is 12.3 Å². The Morgan fingerprint density at radius 2 is 2.11 bits per heavy atom. The molecular formula is C13H24N2O3. The third-order valence-electron chi connectivity index (χ3n) is 3.45. The topological polar surface area (TPSA) is 69.6 Å². The lowest BCUT2D eigenvalue weighted by atomic mass is 10.0. The van der Waals surface area contributed by atoms with E-state index in [1.54, 1.807) is 4.90 Å². The maximum Gasteiger partial charge on any atom is 0.326 e. The summed E-state index contributed by atoms with van der Waals surface area (Å²) in [6.45, 7) is 7.50. The zero-order chi connectivity index (χ0) is 13.7. The Kier molecular flexibility index (Phi) is 5.44. The Hall–Kier alpha value is -1.26. The number of carboxylic acid groups (broad SMARTS) is 1. The lowest BCUT2D eigenvalue weighted by Crippen LogP contribution is -2.47. The number of hydrogen-bond donors (Lipinski definition) is 2. The number of amides is 2. The summed E-state index contributed by atoms with van der Waals surface area (Å²) in [6.07, 6.45) is 2.55.